The van der Waals surface area contributed by atoms with Crippen LogP contribution in [0.15, 0.2) is 56.3 Å². The van der Waals surface area contributed by atoms with Gasteiger partial charge in [-0.05, 0) is 71.2 Å². The number of ether oxygens (including phenoxy) is 1. The second kappa shape index (κ2) is 10.1. The van der Waals surface area contributed by atoms with Crippen molar-refractivity contribution in [3.8, 4) is 5.75 Å². The molecule has 0 radical (unpaired) electrons. The van der Waals surface area contributed by atoms with Crippen LogP contribution < -0.4 is 14.8 Å². The fourth-order valence-electron chi connectivity index (χ4n) is 3.16. The molecule has 0 aromatic heterocycles. The number of rotatable bonds is 7. The van der Waals surface area contributed by atoms with Gasteiger partial charge >= 0.3 is 0 Å². The summed E-state index contributed by atoms with van der Waals surface area (Å²) >= 11 is 6.73. The highest BCUT2D eigenvalue weighted by Crippen LogP contribution is 2.28. The summed E-state index contributed by atoms with van der Waals surface area (Å²) in [4.78, 5) is 12.3. The largest absolute Gasteiger partial charge is 0.483 e. The molecule has 2 N–H and O–H groups in total. The average Bonchev–Trinajstić information content (AvgIpc) is 2.68. The van der Waals surface area contributed by atoms with E-state index in [1.807, 2.05) is 12.1 Å². The van der Waals surface area contributed by atoms with E-state index in [-0.39, 0.29) is 23.5 Å². The van der Waals surface area contributed by atoms with Gasteiger partial charge in [-0.25, -0.2) is 13.1 Å². The number of carbonyl (C=O) groups excluding carboxylic acids is 1. The molecule has 9 heteroatoms. The summed E-state index contributed by atoms with van der Waals surface area (Å²) < 4.78 is 35.0. The molecule has 2 aromatic carbocycles. The highest BCUT2D eigenvalue weighted by molar-refractivity contribution is 9.11. The fraction of sp³-hybridized carbons (Fsp3) is 0.350. The second-order valence-corrected chi connectivity index (χ2v) is 10.4. The van der Waals surface area contributed by atoms with Crippen LogP contribution >= 0.6 is 31.9 Å². The van der Waals surface area contributed by atoms with Crippen LogP contribution in [0.2, 0.25) is 0 Å². The zero-order valence-electron chi connectivity index (χ0n) is 15.7. The maximum absolute atomic E-state index is 12.5. The van der Waals surface area contributed by atoms with Crippen LogP contribution in [0.4, 0.5) is 5.69 Å². The van der Waals surface area contributed by atoms with E-state index in [0.717, 1.165) is 41.0 Å². The van der Waals surface area contributed by atoms with Crippen molar-refractivity contribution in [1.82, 2.24) is 4.72 Å². The first-order chi connectivity index (χ1) is 13.8. The van der Waals surface area contributed by atoms with Crippen molar-refractivity contribution in [3.63, 3.8) is 0 Å². The van der Waals surface area contributed by atoms with Crippen LogP contribution in [-0.4, -0.2) is 27.0 Å². The summed E-state index contributed by atoms with van der Waals surface area (Å²) in [6.07, 6.45) is 5.02. The van der Waals surface area contributed by atoms with Crippen molar-refractivity contribution in [2.24, 2.45) is 0 Å². The Kier molecular flexibility index (Phi) is 7.72. The molecule has 0 saturated heterocycles. The molecule has 2 aromatic rings. The summed E-state index contributed by atoms with van der Waals surface area (Å²) in [6.45, 7) is -0.163. The van der Waals surface area contributed by atoms with E-state index >= 15 is 0 Å². The van der Waals surface area contributed by atoms with Gasteiger partial charge in [-0.1, -0.05) is 35.2 Å². The summed E-state index contributed by atoms with van der Waals surface area (Å²) in [5.41, 5.74) is 0.505. The number of anilines is 1. The second-order valence-electron chi connectivity index (χ2n) is 6.89. The van der Waals surface area contributed by atoms with Crippen molar-refractivity contribution in [2.45, 2.75) is 43.0 Å². The van der Waals surface area contributed by atoms with E-state index in [9.17, 15) is 13.2 Å². The predicted octanol–water partition coefficient (Wildman–Crippen LogP) is 4.84. The third kappa shape index (κ3) is 6.53. The monoisotopic (exact) mass is 544 g/mol. The Balaban J connectivity index is 1.54. The van der Waals surface area contributed by atoms with Gasteiger partial charge in [0.05, 0.1) is 9.37 Å². The van der Waals surface area contributed by atoms with Gasteiger partial charge in [-0.15, -0.1) is 0 Å². The summed E-state index contributed by atoms with van der Waals surface area (Å²) in [6, 6.07) is 11.5. The number of halogens is 2. The van der Waals surface area contributed by atoms with Crippen molar-refractivity contribution < 1.29 is 17.9 Å². The molecule has 1 amide bonds. The SMILES string of the molecule is O=C(COc1ccc(Br)cc1Br)Nc1ccc(S(=O)(=O)NC2CCCCC2)cc1. The van der Waals surface area contributed by atoms with Crippen LogP contribution in [0.5, 0.6) is 5.75 Å². The molecule has 0 spiro atoms. The lowest BCUT2D eigenvalue weighted by molar-refractivity contribution is -0.118. The van der Waals surface area contributed by atoms with Gasteiger partial charge in [-0.3, -0.25) is 4.79 Å². The van der Waals surface area contributed by atoms with E-state index in [2.05, 4.69) is 41.9 Å². The molecule has 0 bridgehead atoms. The van der Waals surface area contributed by atoms with Crippen molar-refractivity contribution >= 4 is 53.5 Å². The van der Waals surface area contributed by atoms with Gasteiger partial charge < -0.3 is 10.1 Å². The van der Waals surface area contributed by atoms with E-state index in [1.165, 1.54) is 12.1 Å². The first-order valence-electron chi connectivity index (χ1n) is 9.33. The van der Waals surface area contributed by atoms with E-state index in [0.29, 0.717) is 11.4 Å². The zero-order chi connectivity index (χ0) is 20.9. The summed E-state index contributed by atoms with van der Waals surface area (Å²) in [5, 5.41) is 2.70. The average molecular weight is 546 g/mol. The van der Waals surface area contributed by atoms with Gasteiger partial charge in [-0.2, -0.15) is 0 Å². The Bertz CT molecular complexity index is 959. The molecule has 1 aliphatic carbocycles. The smallest absolute Gasteiger partial charge is 0.262 e. The van der Waals surface area contributed by atoms with Crippen molar-refractivity contribution in [2.75, 3.05) is 11.9 Å². The number of hydrogen-bond donors (Lipinski definition) is 2. The lowest BCUT2D eigenvalue weighted by Crippen LogP contribution is -2.36. The number of hydrogen-bond acceptors (Lipinski definition) is 4. The molecule has 6 nitrogen and oxygen atoms in total. The third-order valence-electron chi connectivity index (χ3n) is 4.63. The highest BCUT2D eigenvalue weighted by atomic mass is 79.9. The van der Waals surface area contributed by atoms with Crippen LogP contribution in [0.25, 0.3) is 0 Å². The normalized spacial score (nSPS) is 15.1. The minimum atomic E-state index is -3.56. The molecule has 0 unspecified atom stereocenters. The van der Waals surface area contributed by atoms with Crippen LogP contribution in [0, 0.1) is 0 Å². The Morgan fingerprint density at radius 2 is 1.72 bits per heavy atom. The van der Waals surface area contributed by atoms with Crippen LogP contribution in [0.1, 0.15) is 32.1 Å². The lowest BCUT2D eigenvalue weighted by Gasteiger charge is -2.22. The number of benzene rings is 2. The molecule has 156 valence electrons. The lowest BCUT2D eigenvalue weighted by atomic mass is 9.96. The van der Waals surface area contributed by atoms with Gasteiger partial charge in [0.1, 0.15) is 5.75 Å². The van der Waals surface area contributed by atoms with Crippen molar-refractivity contribution in [3.05, 3.63) is 51.4 Å². The topological polar surface area (TPSA) is 84.5 Å². The Labute approximate surface area is 187 Å². The van der Waals surface area contributed by atoms with Crippen LogP contribution in [-0.2, 0) is 14.8 Å². The Morgan fingerprint density at radius 1 is 1.03 bits per heavy atom. The van der Waals surface area contributed by atoms with E-state index in [4.69, 9.17) is 4.74 Å². The molecular formula is C20H22Br2N2O4S. The minimum Gasteiger partial charge on any atom is -0.483 e. The number of carbonyl (C=O) groups is 1. The van der Waals surface area contributed by atoms with Gasteiger partial charge in [0.25, 0.3) is 5.91 Å². The summed E-state index contributed by atoms with van der Waals surface area (Å²) in [7, 11) is -3.56. The molecule has 1 aliphatic rings. The first-order valence-corrected chi connectivity index (χ1v) is 12.4. The van der Waals surface area contributed by atoms with Gasteiger partial charge in [0.15, 0.2) is 6.61 Å². The van der Waals surface area contributed by atoms with Gasteiger partial charge in [0, 0.05) is 16.2 Å². The third-order valence-corrected chi connectivity index (χ3v) is 7.28. The maximum atomic E-state index is 12.5. The minimum absolute atomic E-state index is 0.00297. The molecule has 1 fully saturated rings. The molecule has 3 rings (SSSR count). The number of nitrogens with one attached hydrogen (secondary N) is 2. The highest BCUT2D eigenvalue weighted by Gasteiger charge is 2.21. The molecule has 29 heavy (non-hydrogen) atoms. The quantitative estimate of drug-likeness (QED) is 0.521. The number of amides is 1. The fourth-order valence-corrected chi connectivity index (χ4v) is 5.62. The zero-order valence-corrected chi connectivity index (χ0v) is 19.6. The molecule has 0 aliphatic heterocycles. The first kappa shape index (κ1) is 22.3. The Morgan fingerprint density at radius 3 is 2.38 bits per heavy atom. The molecule has 0 atom stereocenters. The van der Waals surface area contributed by atoms with Gasteiger partial charge in [0.2, 0.25) is 10.0 Å². The van der Waals surface area contributed by atoms with Crippen molar-refractivity contribution in [1.29, 1.82) is 0 Å². The van der Waals surface area contributed by atoms with Crippen LogP contribution in [0.3, 0.4) is 0 Å². The standard InChI is InChI=1S/C20H22Br2N2O4S/c21-14-6-11-19(18(22)12-14)28-13-20(25)23-15-7-9-17(10-8-15)29(26,27)24-16-4-2-1-3-5-16/h6-12,16,24H,1-5,13H2,(H,23,25). The molecule has 1 saturated carbocycles. The Hall–Kier alpha value is -1.42. The van der Waals surface area contributed by atoms with E-state index < -0.39 is 10.0 Å². The van der Waals surface area contributed by atoms with E-state index in [1.54, 1.807) is 18.2 Å². The summed E-state index contributed by atoms with van der Waals surface area (Å²) in [5.74, 6) is 0.217. The predicted molar refractivity (Wildman–Crippen MR) is 120 cm³/mol. The molecule has 0 heterocycles. The number of sulfonamides is 1. The molecular weight excluding hydrogens is 524 g/mol. The maximum Gasteiger partial charge on any atom is 0.262 e.